The molecule has 0 unspecified atom stereocenters. The number of rotatable bonds is 2. The van der Waals surface area contributed by atoms with Crippen LogP contribution in [-0.4, -0.2) is 33.4 Å². The zero-order valence-corrected chi connectivity index (χ0v) is 16.3. The van der Waals surface area contributed by atoms with Crippen LogP contribution in [0.15, 0.2) is 36.7 Å². The number of hydrogen-bond donors (Lipinski definition) is 2. The number of carbonyl (C=O) groups is 1. The SMILES string of the molecule is C[C@@H]1CNc2c(sc3ccc4nc(Oc5cncc(Cl)n5)ccc4c23)C(=O)N1. The smallest absolute Gasteiger partial charge is 0.263 e. The molecule has 7 nitrogen and oxygen atoms in total. The number of halogens is 1. The molecular formula is C19H14ClN5O2S. The van der Waals surface area contributed by atoms with Crippen molar-refractivity contribution in [2.45, 2.75) is 13.0 Å². The summed E-state index contributed by atoms with van der Waals surface area (Å²) in [4.78, 5) is 25.8. The lowest BCUT2D eigenvalue weighted by Crippen LogP contribution is -2.34. The van der Waals surface area contributed by atoms with Crippen molar-refractivity contribution in [2.24, 2.45) is 0 Å². The molecule has 1 aliphatic rings. The van der Waals surface area contributed by atoms with Crippen LogP contribution in [0, 0.1) is 0 Å². The Kier molecular flexibility index (Phi) is 4.03. The van der Waals surface area contributed by atoms with Gasteiger partial charge in [0.2, 0.25) is 11.8 Å². The molecule has 1 amide bonds. The third-order valence-electron chi connectivity index (χ3n) is 4.46. The first kappa shape index (κ1) is 17.2. The predicted molar refractivity (Wildman–Crippen MR) is 110 cm³/mol. The van der Waals surface area contributed by atoms with Crippen LogP contribution >= 0.6 is 22.9 Å². The number of benzene rings is 1. The fourth-order valence-electron chi connectivity index (χ4n) is 3.25. The maximum atomic E-state index is 12.5. The number of pyridine rings is 1. The van der Waals surface area contributed by atoms with E-state index in [2.05, 4.69) is 25.6 Å². The van der Waals surface area contributed by atoms with Crippen molar-refractivity contribution in [3.63, 3.8) is 0 Å². The van der Waals surface area contributed by atoms with Crippen LogP contribution in [0.3, 0.4) is 0 Å². The maximum absolute atomic E-state index is 12.5. The second-order valence-electron chi connectivity index (χ2n) is 6.50. The van der Waals surface area contributed by atoms with E-state index in [-0.39, 0.29) is 23.0 Å². The maximum Gasteiger partial charge on any atom is 0.263 e. The average Bonchev–Trinajstić information content (AvgIpc) is 2.99. The zero-order chi connectivity index (χ0) is 19.3. The van der Waals surface area contributed by atoms with E-state index in [1.54, 1.807) is 6.07 Å². The molecule has 0 aliphatic carbocycles. The molecular weight excluding hydrogens is 398 g/mol. The van der Waals surface area contributed by atoms with Gasteiger partial charge in [-0.1, -0.05) is 11.6 Å². The minimum absolute atomic E-state index is 0.0470. The number of thiophene rings is 1. The lowest BCUT2D eigenvalue weighted by molar-refractivity contribution is 0.0949. The molecule has 9 heteroatoms. The van der Waals surface area contributed by atoms with E-state index in [4.69, 9.17) is 16.3 Å². The molecule has 0 spiro atoms. The first-order chi connectivity index (χ1) is 13.6. The summed E-state index contributed by atoms with van der Waals surface area (Å²) in [5.41, 5.74) is 1.63. The fraction of sp³-hybridized carbons (Fsp3) is 0.158. The van der Waals surface area contributed by atoms with Gasteiger partial charge in [0.15, 0.2) is 5.15 Å². The summed E-state index contributed by atoms with van der Waals surface area (Å²) in [6.07, 6.45) is 2.91. The van der Waals surface area contributed by atoms with Gasteiger partial charge in [-0.15, -0.1) is 11.3 Å². The Morgan fingerprint density at radius 2 is 2.07 bits per heavy atom. The van der Waals surface area contributed by atoms with Crippen LogP contribution in [0.25, 0.3) is 21.0 Å². The normalized spacial score (nSPS) is 16.4. The number of aromatic nitrogens is 3. The van der Waals surface area contributed by atoms with E-state index >= 15 is 0 Å². The zero-order valence-electron chi connectivity index (χ0n) is 14.7. The highest BCUT2D eigenvalue weighted by atomic mass is 35.5. The summed E-state index contributed by atoms with van der Waals surface area (Å²) < 4.78 is 6.71. The molecule has 0 radical (unpaired) electrons. The Morgan fingerprint density at radius 3 is 2.93 bits per heavy atom. The Hall–Kier alpha value is -2.97. The predicted octanol–water partition coefficient (Wildman–Crippen LogP) is 4.23. The molecule has 0 saturated heterocycles. The summed E-state index contributed by atoms with van der Waals surface area (Å²) in [5.74, 6) is 0.621. The van der Waals surface area contributed by atoms with Crippen molar-refractivity contribution >= 4 is 55.5 Å². The van der Waals surface area contributed by atoms with Gasteiger partial charge < -0.3 is 15.4 Å². The van der Waals surface area contributed by atoms with Gasteiger partial charge in [0, 0.05) is 34.1 Å². The van der Waals surface area contributed by atoms with Crippen LogP contribution in [-0.2, 0) is 0 Å². The van der Waals surface area contributed by atoms with Crippen molar-refractivity contribution in [1.29, 1.82) is 0 Å². The molecule has 0 fully saturated rings. The quantitative estimate of drug-likeness (QED) is 0.513. The molecule has 5 rings (SSSR count). The molecule has 1 atom stereocenters. The summed E-state index contributed by atoms with van der Waals surface area (Å²) in [5, 5.41) is 8.62. The van der Waals surface area contributed by atoms with E-state index < -0.39 is 0 Å². The molecule has 4 heterocycles. The van der Waals surface area contributed by atoms with Gasteiger partial charge in [0.1, 0.15) is 4.88 Å². The Morgan fingerprint density at radius 1 is 1.18 bits per heavy atom. The minimum Gasteiger partial charge on any atom is -0.419 e. The van der Waals surface area contributed by atoms with Gasteiger partial charge in [-0.3, -0.25) is 9.78 Å². The average molecular weight is 412 g/mol. The Balaban J connectivity index is 1.62. The van der Waals surface area contributed by atoms with Crippen LogP contribution < -0.4 is 15.4 Å². The van der Waals surface area contributed by atoms with E-state index in [9.17, 15) is 4.79 Å². The number of nitrogens with zero attached hydrogens (tertiary/aromatic N) is 3. The van der Waals surface area contributed by atoms with Crippen molar-refractivity contribution < 1.29 is 9.53 Å². The van der Waals surface area contributed by atoms with Gasteiger partial charge in [-0.25, -0.2) is 4.98 Å². The van der Waals surface area contributed by atoms with Crippen molar-refractivity contribution in [1.82, 2.24) is 20.3 Å². The van der Waals surface area contributed by atoms with E-state index in [0.29, 0.717) is 17.3 Å². The topological polar surface area (TPSA) is 89.0 Å². The van der Waals surface area contributed by atoms with Gasteiger partial charge in [-0.05, 0) is 25.1 Å². The third kappa shape index (κ3) is 2.90. The number of carbonyl (C=O) groups excluding carboxylic acids is 1. The third-order valence-corrected chi connectivity index (χ3v) is 5.79. The van der Waals surface area contributed by atoms with Crippen LogP contribution in [0.4, 0.5) is 5.69 Å². The highest BCUT2D eigenvalue weighted by molar-refractivity contribution is 7.21. The number of fused-ring (bicyclic) bond motifs is 5. The Bertz CT molecular complexity index is 1240. The second kappa shape index (κ2) is 6.57. The van der Waals surface area contributed by atoms with Gasteiger partial charge in [0.25, 0.3) is 5.91 Å². The van der Waals surface area contributed by atoms with E-state index in [1.807, 2.05) is 25.1 Å². The largest absolute Gasteiger partial charge is 0.419 e. The number of amides is 1. The van der Waals surface area contributed by atoms with Gasteiger partial charge in [-0.2, -0.15) is 4.98 Å². The number of nitrogens with one attached hydrogen (secondary N) is 2. The lowest BCUT2D eigenvalue weighted by Gasteiger charge is -2.10. The molecule has 3 aromatic heterocycles. The number of ether oxygens (including phenoxy) is 1. The van der Waals surface area contributed by atoms with Crippen LogP contribution in [0.2, 0.25) is 5.15 Å². The summed E-state index contributed by atoms with van der Waals surface area (Å²) in [6, 6.07) is 7.68. The molecule has 2 N–H and O–H groups in total. The van der Waals surface area contributed by atoms with Crippen molar-refractivity contribution in [2.75, 3.05) is 11.9 Å². The minimum atomic E-state index is -0.0470. The Labute approximate surface area is 168 Å². The molecule has 4 aromatic rings. The standard InChI is InChI=1S/C19H14ClN5O2S/c1-9-6-22-17-16-10-2-5-14(27-15-8-21-7-13(20)25-15)24-11(10)3-4-12(16)28-18(17)19(26)23-9/h2-5,7-9,22H,6H2,1H3,(H,23,26)/t9-/m1/s1. The summed E-state index contributed by atoms with van der Waals surface area (Å²) in [7, 11) is 0. The molecule has 1 aliphatic heterocycles. The van der Waals surface area contributed by atoms with Crippen molar-refractivity contribution in [3.05, 3.63) is 46.7 Å². The van der Waals surface area contributed by atoms with Gasteiger partial charge in [0.05, 0.1) is 23.6 Å². The highest BCUT2D eigenvalue weighted by Crippen LogP contribution is 2.41. The molecule has 1 aromatic carbocycles. The monoisotopic (exact) mass is 411 g/mol. The number of anilines is 1. The first-order valence-electron chi connectivity index (χ1n) is 8.65. The first-order valence-corrected chi connectivity index (χ1v) is 9.84. The van der Waals surface area contributed by atoms with Crippen LogP contribution in [0.5, 0.6) is 11.8 Å². The van der Waals surface area contributed by atoms with E-state index in [0.717, 1.165) is 26.7 Å². The van der Waals surface area contributed by atoms with Crippen molar-refractivity contribution in [3.8, 4) is 11.8 Å². The summed E-state index contributed by atoms with van der Waals surface area (Å²) >= 11 is 7.33. The second-order valence-corrected chi connectivity index (χ2v) is 7.94. The number of hydrogen-bond acceptors (Lipinski definition) is 7. The van der Waals surface area contributed by atoms with Gasteiger partial charge >= 0.3 is 0 Å². The molecule has 28 heavy (non-hydrogen) atoms. The molecule has 0 bridgehead atoms. The lowest BCUT2D eigenvalue weighted by atomic mass is 10.1. The fourth-order valence-corrected chi connectivity index (χ4v) is 4.48. The molecule has 0 saturated carbocycles. The summed E-state index contributed by atoms with van der Waals surface area (Å²) in [6.45, 7) is 2.65. The van der Waals surface area contributed by atoms with E-state index in [1.165, 1.54) is 23.7 Å². The molecule has 140 valence electrons. The highest BCUT2D eigenvalue weighted by Gasteiger charge is 2.24. The van der Waals surface area contributed by atoms with Crippen LogP contribution in [0.1, 0.15) is 16.6 Å².